The molecule has 6 fully saturated rings. The van der Waals surface area contributed by atoms with E-state index < -0.39 is 0 Å². The molecule has 0 unspecified atom stereocenters. The van der Waals surface area contributed by atoms with Gasteiger partial charge in [-0.3, -0.25) is 29.9 Å². The van der Waals surface area contributed by atoms with E-state index in [2.05, 4.69) is 29.9 Å². The summed E-state index contributed by atoms with van der Waals surface area (Å²) in [6.45, 7) is 0.800. The van der Waals surface area contributed by atoms with Crippen molar-refractivity contribution >= 4 is 34.1 Å². The van der Waals surface area contributed by atoms with Gasteiger partial charge in [-0.2, -0.15) is 0 Å². The molecule has 6 aliphatic rings. The SMILES string of the molecule is Nc1cnccc1OC1CCC1.Nc1cnccc1OC1CCCC1.Nc1cnccc1OC1CCCC1.Nc1cnccc1OC1CCCC1.Nc1cnccc1OC1CCCCC1.Nc1cnccc1OCC1CC1. The Balaban J connectivity index is 0.000000134. The van der Waals surface area contributed by atoms with Gasteiger partial charge < -0.3 is 62.8 Å². The van der Waals surface area contributed by atoms with Gasteiger partial charge in [0.05, 0.1) is 108 Å². The summed E-state index contributed by atoms with van der Waals surface area (Å²) in [5.41, 5.74) is 38.0. The van der Waals surface area contributed by atoms with E-state index >= 15 is 0 Å². The van der Waals surface area contributed by atoms with Gasteiger partial charge >= 0.3 is 0 Å². The number of aromatic nitrogens is 6. The van der Waals surface area contributed by atoms with Crippen molar-refractivity contribution < 1.29 is 28.4 Å². The zero-order valence-electron chi connectivity index (χ0n) is 44.7. The molecule has 6 aliphatic carbocycles. The van der Waals surface area contributed by atoms with E-state index in [4.69, 9.17) is 62.8 Å². The summed E-state index contributed by atoms with van der Waals surface area (Å²) < 4.78 is 34.2. The fraction of sp³-hybridized carbons (Fsp3) is 0.492. The predicted molar refractivity (Wildman–Crippen MR) is 305 cm³/mol. The zero-order chi connectivity index (χ0) is 53.9. The first-order valence-corrected chi connectivity index (χ1v) is 27.8. The van der Waals surface area contributed by atoms with E-state index in [9.17, 15) is 0 Å². The van der Waals surface area contributed by atoms with Gasteiger partial charge in [0.25, 0.3) is 0 Å². The normalized spacial score (nSPS) is 17.3. The molecule has 77 heavy (non-hydrogen) atoms. The maximum absolute atomic E-state index is 5.82. The van der Waals surface area contributed by atoms with Gasteiger partial charge in [0, 0.05) is 73.6 Å². The molecule has 0 bridgehead atoms. The molecule has 0 aliphatic heterocycles. The van der Waals surface area contributed by atoms with Crippen LogP contribution in [0.2, 0.25) is 0 Å². The highest BCUT2D eigenvalue weighted by Gasteiger charge is 2.23. The second-order valence-corrected chi connectivity index (χ2v) is 20.4. The summed E-state index contributed by atoms with van der Waals surface area (Å²) in [4.78, 5) is 23.5. The number of rotatable bonds is 13. The van der Waals surface area contributed by atoms with Crippen LogP contribution in [-0.2, 0) is 0 Å². The Bertz CT molecular complexity index is 2460. The minimum absolute atomic E-state index is 0.355. The van der Waals surface area contributed by atoms with E-state index in [0.29, 0.717) is 64.6 Å². The number of hydrogen-bond donors (Lipinski definition) is 6. The average Bonchev–Trinajstić information content (AvgIpc) is 3.76. The van der Waals surface area contributed by atoms with E-state index in [-0.39, 0.29) is 0 Å². The lowest BCUT2D eigenvalue weighted by Gasteiger charge is -2.26. The molecule has 12 rings (SSSR count). The van der Waals surface area contributed by atoms with E-state index in [1.165, 1.54) is 77.0 Å². The molecule has 0 saturated heterocycles. The van der Waals surface area contributed by atoms with Gasteiger partial charge in [-0.25, -0.2) is 0 Å². The topological polar surface area (TPSA) is 289 Å². The number of nitrogens with two attached hydrogens (primary N) is 6. The van der Waals surface area contributed by atoms with E-state index in [0.717, 1.165) is 111 Å². The number of nitrogens with zero attached hydrogens (tertiary/aromatic N) is 6. The lowest BCUT2D eigenvalue weighted by molar-refractivity contribution is 0.121. The number of nitrogen functional groups attached to an aromatic ring is 6. The lowest BCUT2D eigenvalue weighted by Crippen LogP contribution is -2.24. The average molecular weight is 1060 g/mol. The van der Waals surface area contributed by atoms with Crippen LogP contribution in [0.3, 0.4) is 0 Å². The fourth-order valence-electron chi connectivity index (χ4n) is 9.11. The molecule has 414 valence electrons. The molecule has 0 aromatic carbocycles. The summed E-state index contributed by atoms with van der Waals surface area (Å²) in [5.74, 6) is 5.42. The quantitative estimate of drug-likeness (QED) is 0.0626. The van der Waals surface area contributed by atoms with Crippen molar-refractivity contribution in [2.45, 2.75) is 172 Å². The van der Waals surface area contributed by atoms with Crippen LogP contribution in [-0.4, -0.2) is 67.0 Å². The minimum atomic E-state index is 0.355. The summed E-state index contributed by atoms with van der Waals surface area (Å²) in [6, 6.07) is 10.9. The summed E-state index contributed by atoms with van der Waals surface area (Å²) >= 11 is 0. The monoisotopic (exact) mass is 1050 g/mol. The lowest BCUT2D eigenvalue weighted by atomic mass is 9.96. The first kappa shape index (κ1) is 57.2. The third kappa shape index (κ3) is 20.5. The van der Waals surface area contributed by atoms with Gasteiger partial charge in [0.2, 0.25) is 0 Å². The molecule has 6 saturated carbocycles. The highest BCUT2D eigenvalue weighted by atomic mass is 16.5. The molecule has 0 amide bonds. The fourth-order valence-corrected chi connectivity index (χ4v) is 9.11. The second kappa shape index (κ2) is 31.5. The summed E-state index contributed by atoms with van der Waals surface area (Å²) in [6.07, 6.45) is 48.8. The second-order valence-electron chi connectivity index (χ2n) is 20.4. The number of pyridine rings is 6. The van der Waals surface area contributed by atoms with Crippen LogP contribution in [0.5, 0.6) is 34.5 Å². The van der Waals surface area contributed by atoms with Crippen molar-refractivity contribution in [1.29, 1.82) is 0 Å². The minimum Gasteiger partial charge on any atom is -0.491 e. The van der Waals surface area contributed by atoms with Gasteiger partial charge in [-0.05, 0) is 141 Å². The maximum atomic E-state index is 5.82. The van der Waals surface area contributed by atoms with Crippen LogP contribution >= 0.6 is 0 Å². The van der Waals surface area contributed by atoms with Crippen LogP contribution in [0.25, 0.3) is 0 Å². The Labute approximate surface area is 454 Å². The first-order chi connectivity index (χ1) is 37.7. The standard InChI is InChI=1S/C11H16N2O.3C10H14N2O.2C9H12N2O/c12-10-8-13-7-6-11(10)14-9-4-2-1-3-5-9;3*11-9-7-12-6-5-10(9)13-8-3-1-2-4-8;10-8-5-11-4-3-9(8)12-6-7-1-2-7;10-8-6-11-5-4-9(8)12-7-2-1-3-7/h6-9H,1-5,12H2;3*5-8H,1-4,11H2;3-5,7H,1-2,6,10H2;4-7H,1-3,10H2. The van der Waals surface area contributed by atoms with Crippen molar-refractivity contribution in [3.05, 3.63) is 111 Å². The Kier molecular flexibility index (Phi) is 23.4. The molecule has 6 aromatic heterocycles. The molecule has 0 atom stereocenters. The van der Waals surface area contributed by atoms with Gasteiger partial charge in [-0.15, -0.1) is 0 Å². The van der Waals surface area contributed by atoms with E-state index in [1.807, 2.05) is 30.3 Å². The summed E-state index contributed by atoms with van der Waals surface area (Å²) in [7, 11) is 0. The molecule has 18 nitrogen and oxygen atoms in total. The molecule has 6 aromatic rings. The third-order valence-electron chi connectivity index (χ3n) is 14.0. The highest BCUT2D eigenvalue weighted by molar-refractivity contribution is 5.52. The van der Waals surface area contributed by atoms with Gasteiger partial charge in [-0.1, -0.05) is 6.42 Å². The van der Waals surface area contributed by atoms with Crippen molar-refractivity contribution in [2.75, 3.05) is 41.0 Å². The van der Waals surface area contributed by atoms with E-state index in [1.54, 1.807) is 80.4 Å². The van der Waals surface area contributed by atoms with Gasteiger partial charge in [0.15, 0.2) is 0 Å². The van der Waals surface area contributed by atoms with Crippen LogP contribution in [0.15, 0.2) is 111 Å². The molecule has 0 spiro atoms. The van der Waals surface area contributed by atoms with Crippen molar-refractivity contribution in [2.24, 2.45) is 5.92 Å². The molecular formula is C59H82N12O6. The van der Waals surface area contributed by atoms with Crippen LogP contribution in [0.4, 0.5) is 34.1 Å². The van der Waals surface area contributed by atoms with Crippen molar-refractivity contribution in [3.63, 3.8) is 0 Å². The Morgan fingerprint density at radius 1 is 0.286 bits per heavy atom. The summed E-state index contributed by atoms with van der Waals surface area (Å²) in [5, 5.41) is 0. The third-order valence-corrected chi connectivity index (χ3v) is 14.0. The molecule has 0 radical (unpaired) electrons. The Morgan fingerprint density at radius 2 is 0.506 bits per heavy atom. The molecule has 6 heterocycles. The first-order valence-electron chi connectivity index (χ1n) is 27.8. The molecule has 12 N–H and O–H groups in total. The van der Waals surface area contributed by atoms with Crippen molar-refractivity contribution in [3.8, 4) is 34.5 Å². The Hall–Kier alpha value is -7.50. The molecular weight excluding hydrogens is 973 g/mol. The molecule has 18 heteroatoms. The van der Waals surface area contributed by atoms with Crippen LogP contribution in [0.1, 0.15) is 141 Å². The number of hydrogen-bond acceptors (Lipinski definition) is 18. The predicted octanol–water partition coefficient (Wildman–Crippen LogP) is 11.4. The largest absolute Gasteiger partial charge is 0.491 e. The smallest absolute Gasteiger partial charge is 0.145 e. The van der Waals surface area contributed by atoms with Gasteiger partial charge in [0.1, 0.15) is 34.5 Å². The van der Waals surface area contributed by atoms with Crippen molar-refractivity contribution in [1.82, 2.24) is 29.9 Å². The number of ether oxygens (including phenoxy) is 6. The number of anilines is 6. The zero-order valence-corrected chi connectivity index (χ0v) is 44.7. The Morgan fingerprint density at radius 3 is 0.714 bits per heavy atom. The maximum Gasteiger partial charge on any atom is 0.145 e. The van der Waals surface area contributed by atoms with Crippen LogP contribution < -0.4 is 62.8 Å². The highest BCUT2D eigenvalue weighted by Crippen LogP contribution is 2.33. The van der Waals surface area contributed by atoms with Crippen LogP contribution in [0, 0.1) is 5.92 Å².